The molecule has 1 heterocycles. The van der Waals surface area contributed by atoms with Gasteiger partial charge in [0.1, 0.15) is 5.82 Å². The number of nitrogens with one attached hydrogen (secondary N) is 1. The van der Waals surface area contributed by atoms with Crippen LogP contribution in [0, 0.1) is 6.92 Å². The predicted molar refractivity (Wildman–Crippen MR) is 135 cm³/mol. The highest BCUT2D eigenvalue weighted by molar-refractivity contribution is 7.98. The van der Waals surface area contributed by atoms with Crippen LogP contribution < -0.4 is 5.32 Å². The number of carbonyl (C=O) groups is 1. The minimum absolute atomic E-state index is 0.115. The first-order valence-electron chi connectivity index (χ1n) is 10.8. The molecule has 33 heavy (non-hydrogen) atoms. The molecular formula is C27H26N4OS. The largest absolute Gasteiger partial charge is 0.322 e. The van der Waals surface area contributed by atoms with Gasteiger partial charge in [0.05, 0.1) is 0 Å². The number of benzene rings is 3. The van der Waals surface area contributed by atoms with Crippen LogP contribution in [0.15, 0.2) is 96.7 Å². The Morgan fingerprint density at radius 2 is 1.79 bits per heavy atom. The molecule has 4 aromatic rings. The number of amides is 1. The second kappa shape index (κ2) is 10.8. The lowest BCUT2D eigenvalue weighted by Crippen LogP contribution is -2.11. The highest BCUT2D eigenvalue weighted by atomic mass is 32.2. The van der Waals surface area contributed by atoms with Gasteiger partial charge in [0, 0.05) is 30.0 Å². The molecule has 1 amide bonds. The van der Waals surface area contributed by atoms with E-state index in [4.69, 9.17) is 0 Å². The van der Waals surface area contributed by atoms with Crippen molar-refractivity contribution in [1.29, 1.82) is 0 Å². The zero-order valence-electron chi connectivity index (χ0n) is 18.6. The van der Waals surface area contributed by atoms with E-state index in [0.717, 1.165) is 40.0 Å². The zero-order valence-corrected chi connectivity index (χ0v) is 19.4. The summed E-state index contributed by atoms with van der Waals surface area (Å²) in [6.45, 7) is 6.55. The Balaban J connectivity index is 1.39. The summed E-state index contributed by atoms with van der Waals surface area (Å²) in [5.74, 6) is 1.54. The molecule has 0 saturated carbocycles. The molecular weight excluding hydrogens is 428 g/mol. The number of carbonyl (C=O) groups excluding carboxylic acids is 1. The Bertz CT molecular complexity index is 1230. The van der Waals surface area contributed by atoms with Crippen LogP contribution in [0.2, 0.25) is 0 Å². The summed E-state index contributed by atoms with van der Waals surface area (Å²) >= 11 is 1.63. The highest BCUT2D eigenvalue weighted by Gasteiger charge is 2.13. The number of rotatable bonds is 9. The van der Waals surface area contributed by atoms with Crippen molar-refractivity contribution >= 4 is 23.4 Å². The van der Waals surface area contributed by atoms with Crippen LogP contribution in [-0.2, 0) is 18.7 Å². The van der Waals surface area contributed by atoms with Gasteiger partial charge in [-0.25, -0.2) is 0 Å². The summed E-state index contributed by atoms with van der Waals surface area (Å²) in [5, 5.41) is 12.6. The third-order valence-electron chi connectivity index (χ3n) is 5.17. The number of thioether (sulfide) groups is 1. The van der Waals surface area contributed by atoms with Crippen molar-refractivity contribution in [3.63, 3.8) is 0 Å². The van der Waals surface area contributed by atoms with Crippen molar-refractivity contribution in [2.24, 2.45) is 0 Å². The van der Waals surface area contributed by atoms with Crippen LogP contribution in [0.1, 0.15) is 32.9 Å². The van der Waals surface area contributed by atoms with Crippen molar-refractivity contribution in [3.05, 3.63) is 120 Å². The summed E-state index contributed by atoms with van der Waals surface area (Å²) < 4.78 is 2.11. The third kappa shape index (κ3) is 5.99. The van der Waals surface area contributed by atoms with Crippen molar-refractivity contribution in [2.45, 2.75) is 30.8 Å². The lowest BCUT2D eigenvalue weighted by molar-refractivity contribution is 0.102. The van der Waals surface area contributed by atoms with E-state index < -0.39 is 0 Å². The molecule has 0 spiro atoms. The number of anilines is 1. The number of hydrogen-bond acceptors (Lipinski definition) is 4. The minimum Gasteiger partial charge on any atom is -0.322 e. The lowest BCUT2D eigenvalue weighted by atomic mass is 10.1. The van der Waals surface area contributed by atoms with E-state index >= 15 is 0 Å². The fraction of sp³-hybridized carbons (Fsp3) is 0.148. The van der Waals surface area contributed by atoms with E-state index in [-0.39, 0.29) is 5.91 Å². The Morgan fingerprint density at radius 3 is 2.52 bits per heavy atom. The van der Waals surface area contributed by atoms with Gasteiger partial charge >= 0.3 is 0 Å². The van der Waals surface area contributed by atoms with Crippen molar-refractivity contribution in [3.8, 4) is 0 Å². The Kier molecular flexibility index (Phi) is 7.37. The summed E-state index contributed by atoms with van der Waals surface area (Å²) in [4.78, 5) is 12.5. The maximum Gasteiger partial charge on any atom is 0.255 e. The van der Waals surface area contributed by atoms with Crippen LogP contribution in [0.25, 0.3) is 0 Å². The third-order valence-corrected chi connectivity index (χ3v) is 6.21. The molecule has 1 aromatic heterocycles. The minimum atomic E-state index is -0.115. The van der Waals surface area contributed by atoms with Gasteiger partial charge < -0.3 is 9.88 Å². The van der Waals surface area contributed by atoms with Gasteiger partial charge in [0.25, 0.3) is 5.91 Å². The van der Waals surface area contributed by atoms with E-state index in [9.17, 15) is 4.79 Å². The molecule has 0 fully saturated rings. The van der Waals surface area contributed by atoms with Gasteiger partial charge in [-0.1, -0.05) is 72.4 Å². The maximum atomic E-state index is 12.5. The molecule has 0 saturated heterocycles. The lowest BCUT2D eigenvalue weighted by Gasteiger charge is -2.09. The first kappa shape index (κ1) is 22.6. The molecule has 0 aliphatic rings. The fourth-order valence-corrected chi connectivity index (χ4v) is 4.40. The summed E-state index contributed by atoms with van der Waals surface area (Å²) in [6.07, 6.45) is 2.59. The van der Waals surface area contributed by atoms with E-state index in [1.54, 1.807) is 11.8 Å². The number of allylic oxidation sites excluding steroid dienone is 1. The molecule has 0 unspecified atom stereocenters. The first-order chi connectivity index (χ1) is 16.1. The topological polar surface area (TPSA) is 59.8 Å². The average molecular weight is 455 g/mol. The first-order valence-corrected chi connectivity index (χ1v) is 11.8. The van der Waals surface area contributed by atoms with Gasteiger partial charge in [0.15, 0.2) is 5.16 Å². The molecule has 4 rings (SSSR count). The smallest absolute Gasteiger partial charge is 0.255 e. The quantitative estimate of drug-likeness (QED) is 0.252. The molecule has 0 aliphatic heterocycles. The van der Waals surface area contributed by atoms with Gasteiger partial charge in [-0.2, -0.15) is 0 Å². The molecule has 5 nitrogen and oxygen atoms in total. The highest BCUT2D eigenvalue weighted by Crippen LogP contribution is 2.23. The maximum absolute atomic E-state index is 12.5. The van der Waals surface area contributed by atoms with Crippen molar-refractivity contribution < 1.29 is 4.79 Å². The average Bonchev–Trinajstić information content (AvgIpc) is 3.20. The van der Waals surface area contributed by atoms with Crippen LogP contribution in [0.3, 0.4) is 0 Å². The van der Waals surface area contributed by atoms with Crippen LogP contribution in [-0.4, -0.2) is 20.7 Å². The number of aryl methyl sites for hydroxylation is 1. The monoisotopic (exact) mass is 454 g/mol. The molecule has 166 valence electrons. The summed E-state index contributed by atoms with van der Waals surface area (Å²) in [5.41, 5.74) is 4.85. The second-order valence-electron chi connectivity index (χ2n) is 7.77. The van der Waals surface area contributed by atoms with Crippen LogP contribution in [0.4, 0.5) is 5.69 Å². The molecule has 1 N–H and O–H groups in total. The predicted octanol–water partition coefficient (Wildman–Crippen LogP) is 5.91. The SMILES string of the molecule is C=CCn1c(Cc2ccccc2)nnc1SCc1ccc(C(=O)Nc2cccc(C)c2)cc1. The Hall–Kier alpha value is -3.64. The van der Waals surface area contributed by atoms with Gasteiger partial charge in [0.2, 0.25) is 0 Å². The van der Waals surface area contributed by atoms with Gasteiger partial charge in [-0.05, 0) is 47.9 Å². The van der Waals surface area contributed by atoms with E-state index in [2.05, 4.69) is 38.8 Å². The van der Waals surface area contributed by atoms with E-state index in [0.29, 0.717) is 12.1 Å². The molecule has 6 heteroatoms. The van der Waals surface area contributed by atoms with Gasteiger partial charge in [-0.3, -0.25) is 4.79 Å². The molecule has 0 aliphatic carbocycles. The molecule has 3 aromatic carbocycles. The summed E-state index contributed by atoms with van der Waals surface area (Å²) in [7, 11) is 0. The molecule has 0 bridgehead atoms. The van der Waals surface area contributed by atoms with Crippen LogP contribution in [0.5, 0.6) is 0 Å². The molecule has 0 atom stereocenters. The number of aromatic nitrogens is 3. The number of hydrogen-bond donors (Lipinski definition) is 1. The standard InChI is InChI=1S/C27H26N4OS/c1-3-16-31-25(18-21-9-5-4-6-10-21)29-30-27(31)33-19-22-12-14-23(15-13-22)26(32)28-24-11-7-8-20(2)17-24/h3-15,17H,1,16,18-19H2,2H3,(H,28,32). The molecule has 0 radical (unpaired) electrons. The normalized spacial score (nSPS) is 10.7. The van der Waals surface area contributed by atoms with Crippen LogP contribution >= 0.6 is 11.8 Å². The van der Waals surface area contributed by atoms with Gasteiger partial charge in [-0.15, -0.1) is 16.8 Å². The Labute approximate surface area is 198 Å². The van der Waals surface area contributed by atoms with E-state index in [1.165, 1.54) is 5.56 Å². The van der Waals surface area contributed by atoms with E-state index in [1.807, 2.05) is 79.7 Å². The Morgan fingerprint density at radius 1 is 1.00 bits per heavy atom. The summed E-state index contributed by atoms with van der Waals surface area (Å²) in [6, 6.07) is 25.7. The van der Waals surface area contributed by atoms with Crippen molar-refractivity contribution in [2.75, 3.05) is 5.32 Å². The fourth-order valence-electron chi connectivity index (χ4n) is 3.47. The number of nitrogens with zero attached hydrogens (tertiary/aromatic N) is 3. The van der Waals surface area contributed by atoms with Crippen molar-refractivity contribution in [1.82, 2.24) is 14.8 Å². The second-order valence-corrected chi connectivity index (χ2v) is 8.71. The zero-order chi connectivity index (χ0) is 23.0.